The van der Waals surface area contributed by atoms with E-state index in [0.29, 0.717) is 4.77 Å². The molecule has 4 nitrogen and oxygen atoms in total. The minimum atomic E-state index is 0.0602. The maximum atomic E-state index is 9.26. The van der Waals surface area contributed by atoms with Crippen LogP contribution in [0.1, 0.15) is 13.0 Å². The fourth-order valence-corrected chi connectivity index (χ4v) is 1.90. The number of rotatable bonds is 3. The lowest BCUT2D eigenvalue weighted by molar-refractivity contribution is 0.475. The second-order valence-corrected chi connectivity index (χ2v) is 4.13. The number of aromatic nitrogens is 3. The third-order valence-corrected chi connectivity index (χ3v) is 2.87. The number of aromatic hydroxyl groups is 1. The van der Waals surface area contributed by atoms with Crippen LogP contribution in [0.4, 0.5) is 0 Å². The zero-order valence-corrected chi connectivity index (χ0v) is 10.2. The monoisotopic (exact) mass is 247 g/mol. The molecule has 0 radical (unpaired) electrons. The number of nitrogens with one attached hydrogen (secondary N) is 1. The van der Waals surface area contributed by atoms with Gasteiger partial charge in [-0.05, 0) is 43.4 Å². The summed E-state index contributed by atoms with van der Waals surface area (Å²) in [6.07, 6.45) is 1.80. The van der Waals surface area contributed by atoms with E-state index < -0.39 is 0 Å². The van der Waals surface area contributed by atoms with Crippen molar-refractivity contribution in [3.05, 3.63) is 41.7 Å². The van der Waals surface area contributed by atoms with Crippen LogP contribution in [0.5, 0.6) is 5.75 Å². The van der Waals surface area contributed by atoms with Gasteiger partial charge in [-0.15, -0.1) is 6.58 Å². The highest BCUT2D eigenvalue weighted by Gasteiger charge is 2.11. The van der Waals surface area contributed by atoms with Gasteiger partial charge in [0.25, 0.3) is 0 Å². The van der Waals surface area contributed by atoms with E-state index in [-0.39, 0.29) is 11.8 Å². The SMILES string of the molecule is C=CC(C)n1c(-c2ccc(O)cc2)n[nH]c1=S. The van der Waals surface area contributed by atoms with Crippen LogP contribution in [-0.4, -0.2) is 19.9 Å². The minimum Gasteiger partial charge on any atom is -0.508 e. The number of phenolic OH excluding ortho intramolecular Hbond substituents is 1. The molecule has 0 saturated carbocycles. The summed E-state index contributed by atoms with van der Waals surface area (Å²) >= 11 is 5.19. The third-order valence-electron chi connectivity index (χ3n) is 2.58. The van der Waals surface area contributed by atoms with Gasteiger partial charge in [0.2, 0.25) is 0 Å². The molecule has 88 valence electrons. The topological polar surface area (TPSA) is 53.8 Å². The molecule has 2 aromatic rings. The van der Waals surface area contributed by atoms with Gasteiger partial charge in [0.1, 0.15) is 5.75 Å². The lowest BCUT2D eigenvalue weighted by Gasteiger charge is -2.11. The van der Waals surface area contributed by atoms with Crippen molar-refractivity contribution in [2.45, 2.75) is 13.0 Å². The zero-order valence-electron chi connectivity index (χ0n) is 9.42. The van der Waals surface area contributed by atoms with E-state index in [9.17, 15) is 5.11 Å². The molecule has 5 heteroatoms. The molecule has 0 aliphatic heterocycles. The Morgan fingerprint density at radius 3 is 2.71 bits per heavy atom. The summed E-state index contributed by atoms with van der Waals surface area (Å²) in [4.78, 5) is 0. The molecule has 0 fully saturated rings. The minimum absolute atomic E-state index is 0.0602. The summed E-state index contributed by atoms with van der Waals surface area (Å²) in [5.41, 5.74) is 0.892. The summed E-state index contributed by atoms with van der Waals surface area (Å²) in [7, 11) is 0. The van der Waals surface area contributed by atoms with Crippen LogP contribution >= 0.6 is 12.2 Å². The first-order valence-corrected chi connectivity index (χ1v) is 5.63. The Hall–Kier alpha value is -1.88. The van der Waals surface area contributed by atoms with Crippen molar-refractivity contribution >= 4 is 12.2 Å². The van der Waals surface area contributed by atoms with E-state index >= 15 is 0 Å². The first kappa shape index (κ1) is 11.6. The van der Waals surface area contributed by atoms with Crippen LogP contribution in [0.2, 0.25) is 0 Å². The molecule has 17 heavy (non-hydrogen) atoms. The van der Waals surface area contributed by atoms with Crippen LogP contribution in [0.25, 0.3) is 11.4 Å². The smallest absolute Gasteiger partial charge is 0.195 e. The van der Waals surface area contributed by atoms with E-state index in [1.54, 1.807) is 30.3 Å². The second kappa shape index (κ2) is 4.55. The van der Waals surface area contributed by atoms with Crippen molar-refractivity contribution in [3.8, 4) is 17.1 Å². The maximum absolute atomic E-state index is 9.26. The number of phenols is 1. The predicted molar refractivity (Wildman–Crippen MR) is 69.4 cm³/mol. The molecule has 2 N–H and O–H groups in total. The molecule has 1 aromatic heterocycles. The Kier molecular flexibility index (Phi) is 3.10. The number of hydrogen-bond acceptors (Lipinski definition) is 3. The van der Waals surface area contributed by atoms with Gasteiger partial charge < -0.3 is 5.11 Å². The highest BCUT2D eigenvalue weighted by Crippen LogP contribution is 2.23. The molecule has 1 heterocycles. The Morgan fingerprint density at radius 2 is 2.12 bits per heavy atom. The Morgan fingerprint density at radius 1 is 1.47 bits per heavy atom. The highest BCUT2D eigenvalue weighted by molar-refractivity contribution is 7.71. The summed E-state index contributed by atoms with van der Waals surface area (Å²) in [6, 6.07) is 6.90. The quantitative estimate of drug-likeness (QED) is 0.647. The average molecular weight is 247 g/mol. The van der Waals surface area contributed by atoms with Crippen LogP contribution in [0, 0.1) is 4.77 Å². The van der Waals surface area contributed by atoms with Crippen molar-refractivity contribution in [2.24, 2.45) is 0 Å². The maximum Gasteiger partial charge on any atom is 0.195 e. The van der Waals surface area contributed by atoms with Crippen molar-refractivity contribution in [2.75, 3.05) is 0 Å². The van der Waals surface area contributed by atoms with Gasteiger partial charge in [0, 0.05) is 5.56 Å². The molecule has 1 aromatic carbocycles. The van der Waals surface area contributed by atoms with E-state index in [4.69, 9.17) is 12.2 Å². The normalized spacial score (nSPS) is 12.3. The summed E-state index contributed by atoms with van der Waals surface area (Å²) in [5.74, 6) is 0.966. The first-order chi connectivity index (χ1) is 8.13. The molecular formula is C12H13N3OS. The van der Waals surface area contributed by atoms with Gasteiger partial charge in [-0.2, -0.15) is 5.10 Å². The fourth-order valence-electron chi connectivity index (χ4n) is 1.60. The number of benzene rings is 1. The number of allylic oxidation sites excluding steroid dienone is 1. The number of H-pyrrole nitrogens is 1. The van der Waals surface area contributed by atoms with Crippen LogP contribution in [-0.2, 0) is 0 Å². The van der Waals surface area contributed by atoms with Crippen LogP contribution < -0.4 is 0 Å². The van der Waals surface area contributed by atoms with E-state index in [1.165, 1.54) is 0 Å². The first-order valence-electron chi connectivity index (χ1n) is 5.22. The lowest BCUT2D eigenvalue weighted by Crippen LogP contribution is -2.04. The standard InChI is InChI=1S/C12H13N3OS/c1-3-8(2)15-11(13-14-12(15)17)9-4-6-10(16)7-5-9/h3-8,16H,1H2,2H3,(H,14,17). The van der Waals surface area contributed by atoms with Gasteiger partial charge in [-0.3, -0.25) is 9.67 Å². The van der Waals surface area contributed by atoms with E-state index in [2.05, 4.69) is 16.8 Å². The molecule has 0 aliphatic rings. The largest absolute Gasteiger partial charge is 0.508 e. The Balaban J connectivity index is 2.56. The third kappa shape index (κ3) is 2.14. The molecule has 1 unspecified atom stereocenters. The zero-order chi connectivity index (χ0) is 12.4. The van der Waals surface area contributed by atoms with E-state index in [0.717, 1.165) is 11.4 Å². The van der Waals surface area contributed by atoms with Gasteiger partial charge in [0.15, 0.2) is 10.6 Å². The van der Waals surface area contributed by atoms with Gasteiger partial charge >= 0.3 is 0 Å². The predicted octanol–water partition coefficient (Wildman–Crippen LogP) is 3.06. The highest BCUT2D eigenvalue weighted by atomic mass is 32.1. The average Bonchev–Trinajstić information content (AvgIpc) is 2.71. The summed E-state index contributed by atoms with van der Waals surface area (Å²) < 4.78 is 2.44. The Bertz CT molecular complexity index is 583. The molecule has 0 bridgehead atoms. The van der Waals surface area contributed by atoms with Crippen molar-refractivity contribution in [1.82, 2.24) is 14.8 Å². The Labute approximate surface area is 104 Å². The summed E-state index contributed by atoms with van der Waals surface area (Å²) in [6.45, 7) is 5.75. The van der Waals surface area contributed by atoms with Crippen LogP contribution in [0.15, 0.2) is 36.9 Å². The van der Waals surface area contributed by atoms with Gasteiger partial charge in [-0.25, -0.2) is 0 Å². The van der Waals surface area contributed by atoms with Crippen LogP contribution in [0.3, 0.4) is 0 Å². The molecular weight excluding hydrogens is 234 g/mol. The lowest BCUT2D eigenvalue weighted by atomic mass is 10.2. The molecule has 0 spiro atoms. The van der Waals surface area contributed by atoms with Gasteiger partial charge in [-0.1, -0.05) is 6.08 Å². The number of nitrogens with zero attached hydrogens (tertiary/aromatic N) is 2. The fraction of sp³-hybridized carbons (Fsp3) is 0.167. The van der Waals surface area contributed by atoms with E-state index in [1.807, 2.05) is 11.5 Å². The van der Waals surface area contributed by atoms with Crippen molar-refractivity contribution < 1.29 is 5.11 Å². The molecule has 0 saturated heterocycles. The van der Waals surface area contributed by atoms with Crippen molar-refractivity contribution in [3.63, 3.8) is 0 Å². The second-order valence-electron chi connectivity index (χ2n) is 3.75. The number of hydrogen-bond donors (Lipinski definition) is 2. The number of aromatic amines is 1. The molecule has 0 amide bonds. The van der Waals surface area contributed by atoms with Crippen molar-refractivity contribution in [1.29, 1.82) is 0 Å². The summed E-state index contributed by atoms with van der Waals surface area (Å²) in [5, 5.41) is 16.2. The molecule has 0 aliphatic carbocycles. The molecule has 2 rings (SSSR count). The molecule has 1 atom stereocenters. The van der Waals surface area contributed by atoms with Gasteiger partial charge in [0.05, 0.1) is 6.04 Å².